The van der Waals surface area contributed by atoms with Crippen molar-refractivity contribution in [3.05, 3.63) is 11.6 Å². The highest BCUT2D eigenvalue weighted by atomic mass is 19.4. The molecule has 0 aliphatic heterocycles. The zero-order chi connectivity index (χ0) is 22.8. The summed E-state index contributed by atoms with van der Waals surface area (Å²) in [4.78, 5) is 0. The Morgan fingerprint density at radius 3 is 2.45 bits per heavy atom. The number of hydrogen-bond acceptors (Lipinski definition) is 2. The largest absolute Gasteiger partial charge is 0.417 e. The molecule has 0 aromatic heterocycles. The third kappa shape index (κ3) is 4.11. The first-order valence-corrected chi connectivity index (χ1v) is 12.5. The molecule has 0 heterocycles. The van der Waals surface area contributed by atoms with E-state index in [2.05, 4.69) is 19.9 Å². The molecular weight excluding hydrogens is 401 g/mol. The molecular formula is C26H41F3O2. The Kier molecular flexibility index (Phi) is 5.90. The lowest BCUT2D eigenvalue weighted by molar-refractivity contribution is -0.268. The number of alkyl halides is 3. The Balaban J connectivity index is 1.49. The molecule has 0 aromatic carbocycles. The van der Waals surface area contributed by atoms with Crippen molar-refractivity contribution in [1.82, 2.24) is 0 Å². The molecule has 0 saturated heterocycles. The van der Waals surface area contributed by atoms with Crippen molar-refractivity contribution in [3.8, 4) is 0 Å². The second kappa shape index (κ2) is 7.75. The van der Waals surface area contributed by atoms with Gasteiger partial charge in [0.2, 0.25) is 0 Å². The van der Waals surface area contributed by atoms with Crippen LogP contribution in [-0.2, 0) is 0 Å². The molecule has 4 aliphatic carbocycles. The van der Waals surface area contributed by atoms with Gasteiger partial charge in [-0.1, -0.05) is 25.5 Å². The molecule has 0 unspecified atom stereocenters. The summed E-state index contributed by atoms with van der Waals surface area (Å²) in [5, 5.41) is 20.4. The van der Waals surface area contributed by atoms with Crippen LogP contribution in [-0.4, -0.2) is 27.6 Å². The van der Waals surface area contributed by atoms with Gasteiger partial charge in [0.1, 0.15) is 0 Å². The van der Waals surface area contributed by atoms with Crippen LogP contribution < -0.4 is 0 Å². The van der Waals surface area contributed by atoms with E-state index in [0.29, 0.717) is 41.4 Å². The Bertz CT molecular complexity index is 708. The maximum atomic E-state index is 13.4. The van der Waals surface area contributed by atoms with Gasteiger partial charge in [-0.2, -0.15) is 13.2 Å². The van der Waals surface area contributed by atoms with Crippen molar-refractivity contribution < 1.29 is 23.4 Å². The van der Waals surface area contributed by atoms with E-state index in [4.69, 9.17) is 0 Å². The van der Waals surface area contributed by atoms with Gasteiger partial charge in [0.05, 0.1) is 5.60 Å². The summed E-state index contributed by atoms with van der Waals surface area (Å²) in [7, 11) is 0. The first-order chi connectivity index (χ1) is 14.3. The molecule has 31 heavy (non-hydrogen) atoms. The minimum atomic E-state index is -4.54. The van der Waals surface area contributed by atoms with Gasteiger partial charge in [-0.25, -0.2) is 0 Å². The summed E-state index contributed by atoms with van der Waals surface area (Å²) in [6, 6.07) is 0. The van der Waals surface area contributed by atoms with E-state index in [1.165, 1.54) is 19.3 Å². The van der Waals surface area contributed by atoms with Gasteiger partial charge in [-0.3, -0.25) is 0 Å². The molecule has 8 atom stereocenters. The van der Waals surface area contributed by atoms with Gasteiger partial charge in [0.25, 0.3) is 0 Å². The van der Waals surface area contributed by atoms with Crippen LogP contribution >= 0.6 is 0 Å². The van der Waals surface area contributed by atoms with Crippen LogP contribution in [0.2, 0.25) is 0 Å². The Morgan fingerprint density at radius 2 is 1.81 bits per heavy atom. The number of halogens is 3. The molecule has 5 heteroatoms. The summed E-state index contributed by atoms with van der Waals surface area (Å²) in [6.45, 7) is 8.61. The summed E-state index contributed by atoms with van der Waals surface area (Å²) in [5.74, 6) is 3.22. The Morgan fingerprint density at radius 1 is 1.10 bits per heavy atom. The van der Waals surface area contributed by atoms with Crippen molar-refractivity contribution in [2.24, 2.45) is 40.9 Å². The van der Waals surface area contributed by atoms with E-state index >= 15 is 0 Å². The van der Waals surface area contributed by atoms with E-state index in [9.17, 15) is 23.4 Å². The lowest BCUT2D eigenvalue weighted by atomic mass is 9.50. The molecule has 0 aromatic rings. The zero-order valence-corrected chi connectivity index (χ0v) is 19.6. The highest BCUT2D eigenvalue weighted by molar-refractivity contribution is 5.23. The second-order valence-electron chi connectivity index (χ2n) is 12.4. The standard InChI is InChI=1S/C26H41F3O2/c1-16(9-12-23(2,3)30)21-7-8-22-20-6-5-17-15-25(31,26(27,28)29)14-11-18(17)19(20)10-13-24(21,22)4/h5,16,18-22,30-31H,6-15H2,1-4H3/t16-,18+,19-,20-,21-,22+,24-,25+/m1/s1. The molecule has 4 rings (SSSR count). The fourth-order valence-electron chi connectivity index (χ4n) is 8.29. The molecule has 0 bridgehead atoms. The molecule has 3 fully saturated rings. The average Bonchev–Trinajstić information content (AvgIpc) is 3.01. The number of fused-ring (bicyclic) bond motifs is 5. The highest BCUT2D eigenvalue weighted by Gasteiger charge is 2.60. The van der Waals surface area contributed by atoms with Gasteiger partial charge in [-0.05, 0) is 113 Å². The highest BCUT2D eigenvalue weighted by Crippen LogP contribution is 2.65. The summed E-state index contributed by atoms with van der Waals surface area (Å²) >= 11 is 0. The average molecular weight is 443 g/mol. The monoisotopic (exact) mass is 442 g/mol. The molecule has 0 radical (unpaired) electrons. The molecule has 4 aliphatic rings. The normalized spacial score (nSPS) is 44.2. The zero-order valence-electron chi connectivity index (χ0n) is 19.6. The van der Waals surface area contributed by atoms with E-state index in [1.54, 1.807) is 0 Å². The topological polar surface area (TPSA) is 40.5 Å². The number of allylic oxidation sites excluding steroid dienone is 1. The van der Waals surface area contributed by atoms with E-state index < -0.39 is 17.4 Å². The van der Waals surface area contributed by atoms with Gasteiger partial charge >= 0.3 is 6.18 Å². The first-order valence-electron chi connectivity index (χ1n) is 12.5. The van der Waals surface area contributed by atoms with E-state index in [1.807, 2.05) is 13.8 Å². The Labute approximate surface area is 185 Å². The van der Waals surface area contributed by atoms with E-state index in [0.717, 1.165) is 31.3 Å². The van der Waals surface area contributed by atoms with Crippen LogP contribution in [0.25, 0.3) is 0 Å². The molecule has 2 N–H and O–H groups in total. The summed E-state index contributed by atoms with van der Waals surface area (Å²) < 4.78 is 40.2. The molecule has 2 nitrogen and oxygen atoms in total. The number of rotatable bonds is 4. The molecule has 0 amide bonds. The van der Waals surface area contributed by atoms with Gasteiger partial charge in [0, 0.05) is 6.42 Å². The SMILES string of the molecule is C[C@H](CCC(C)(C)O)[C@H]1CC[C@H]2[C@@H]3CC=C4C[C@](O)(C(F)(F)F)CC[C@@H]4[C@H]3CC[C@]12C. The molecule has 0 spiro atoms. The quantitative estimate of drug-likeness (QED) is 0.478. The van der Waals surface area contributed by atoms with Crippen LogP contribution in [0, 0.1) is 40.9 Å². The Hall–Kier alpha value is -0.550. The van der Waals surface area contributed by atoms with E-state index in [-0.39, 0.29) is 18.8 Å². The molecule has 3 saturated carbocycles. The van der Waals surface area contributed by atoms with Gasteiger partial charge in [0.15, 0.2) is 5.60 Å². The van der Waals surface area contributed by atoms with Crippen molar-refractivity contribution in [3.63, 3.8) is 0 Å². The predicted molar refractivity (Wildman–Crippen MR) is 116 cm³/mol. The fraction of sp³-hybridized carbons (Fsp3) is 0.923. The number of hydrogen-bond donors (Lipinski definition) is 2. The van der Waals surface area contributed by atoms with Crippen molar-refractivity contribution in [1.29, 1.82) is 0 Å². The van der Waals surface area contributed by atoms with Crippen molar-refractivity contribution >= 4 is 0 Å². The number of aliphatic hydroxyl groups is 2. The smallest absolute Gasteiger partial charge is 0.390 e. The predicted octanol–water partition coefficient (Wildman–Crippen LogP) is 6.66. The van der Waals surface area contributed by atoms with Crippen molar-refractivity contribution in [2.45, 2.75) is 109 Å². The van der Waals surface area contributed by atoms with Crippen molar-refractivity contribution in [2.75, 3.05) is 0 Å². The fourth-order valence-corrected chi connectivity index (χ4v) is 8.29. The third-order valence-electron chi connectivity index (χ3n) is 10.0. The first kappa shape index (κ1) is 23.6. The summed E-state index contributed by atoms with van der Waals surface area (Å²) in [6.07, 6.45) is 5.15. The summed E-state index contributed by atoms with van der Waals surface area (Å²) in [5.41, 5.74) is -1.95. The van der Waals surface area contributed by atoms with Crippen LogP contribution in [0.5, 0.6) is 0 Å². The van der Waals surface area contributed by atoms with Gasteiger partial charge in [-0.15, -0.1) is 0 Å². The third-order valence-corrected chi connectivity index (χ3v) is 10.0. The van der Waals surface area contributed by atoms with Crippen LogP contribution in [0.4, 0.5) is 13.2 Å². The second-order valence-corrected chi connectivity index (χ2v) is 12.4. The van der Waals surface area contributed by atoms with Crippen LogP contribution in [0.3, 0.4) is 0 Å². The minimum absolute atomic E-state index is 0.153. The van der Waals surface area contributed by atoms with Crippen LogP contribution in [0.1, 0.15) is 91.9 Å². The lowest BCUT2D eigenvalue weighted by Gasteiger charge is -2.55. The molecule has 178 valence electrons. The maximum Gasteiger partial charge on any atom is 0.417 e. The van der Waals surface area contributed by atoms with Gasteiger partial charge < -0.3 is 10.2 Å². The maximum absolute atomic E-state index is 13.4. The lowest BCUT2D eigenvalue weighted by Crippen LogP contribution is -2.52. The minimum Gasteiger partial charge on any atom is -0.390 e. The van der Waals surface area contributed by atoms with Crippen LogP contribution in [0.15, 0.2) is 11.6 Å².